The van der Waals surface area contributed by atoms with Crippen molar-refractivity contribution in [2.75, 3.05) is 6.61 Å². The molecule has 0 saturated carbocycles. The predicted molar refractivity (Wildman–Crippen MR) is 139 cm³/mol. The van der Waals surface area contributed by atoms with Crippen molar-refractivity contribution < 1.29 is 27.5 Å². The van der Waals surface area contributed by atoms with Gasteiger partial charge >= 0.3 is 6.18 Å². The maximum absolute atomic E-state index is 12.8. The zero-order valence-electron chi connectivity index (χ0n) is 20.8. The van der Waals surface area contributed by atoms with Crippen LogP contribution >= 0.6 is 11.8 Å². The SMILES string of the molecule is CCCCCCCCC1(C)SC(=O)C=C1OCC(=O)Cc1ccc(-c2ccc(C(F)(F)F)cc2)cc1. The van der Waals surface area contributed by atoms with Crippen molar-refractivity contribution in [3.05, 3.63) is 71.5 Å². The van der Waals surface area contributed by atoms with Crippen molar-refractivity contribution in [2.24, 2.45) is 0 Å². The van der Waals surface area contributed by atoms with Gasteiger partial charge in [-0.1, -0.05) is 93.6 Å². The number of benzene rings is 2. The van der Waals surface area contributed by atoms with Gasteiger partial charge in [-0.2, -0.15) is 13.2 Å². The van der Waals surface area contributed by atoms with Gasteiger partial charge < -0.3 is 4.74 Å². The molecule has 0 spiro atoms. The van der Waals surface area contributed by atoms with Crippen molar-refractivity contribution in [2.45, 2.75) is 76.1 Å². The van der Waals surface area contributed by atoms with Gasteiger partial charge in [0.25, 0.3) is 0 Å². The van der Waals surface area contributed by atoms with Crippen molar-refractivity contribution >= 4 is 22.7 Å². The summed E-state index contributed by atoms with van der Waals surface area (Å²) in [5.74, 6) is 0.474. The van der Waals surface area contributed by atoms with Crippen LogP contribution in [0.2, 0.25) is 0 Å². The maximum Gasteiger partial charge on any atom is 0.416 e. The second-order valence-electron chi connectivity index (χ2n) is 9.45. The summed E-state index contributed by atoms with van der Waals surface area (Å²) in [6.45, 7) is 4.09. The minimum atomic E-state index is -4.36. The van der Waals surface area contributed by atoms with Gasteiger partial charge in [-0.25, -0.2) is 0 Å². The highest BCUT2D eigenvalue weighted by Crippen LogP contribution is 2.44. The highest BCUT2D eigenvalue weighted by atomic mass is 32.2. The summed E-state index contributed by atoms with van der Waals surface area (Å²) in [5, 5.41) is -0.0372. The third-order valence-corrected chi connectivity index (χ3v) is 7.57. The molecule has 0 saturated heterocycles. The quantitative estimate of drug-likeness (QED) is 0.251. The fourth-order valence-corrected chi connectivity index (χ4v) is 5.35. The lowest BCUT2D eigenvalue weighted by atomic mass is 9.99. The number of ketones is 1. The van der Waals surface area contributed by atoms with Gasteiger partial charge in [-0.15, -0.1) is 0 Å². The molecule has 0 aliphatic carbocycles. The molecule has 1 heterocycles. The summed E-state index contributed by atoms with van der Waals surface area (Å²) in [6, 6.07) is 12.2. The molecule has 0 aromatic heterocycles. The minimum absolute atomic E-state index is 0.0372. The Morgan fingerprint density at radius 1 is 0.917 bits per heavy atom. The van der Waals surface area contributed by atoms with Gasteiger partial charge in [0.15, 0.2) is 5.78 Å². The van der Waals surface area contributed by atoms with Crippen LogP contribution < -0.4 is 0 Å². The molecule has 0 N–H and O–H groups in total. The van der Waals surface area contributed by atoms with Crippen LogP contribution in [0.5, 0.6) is 0 Å². The Hall–Kier alpha value is -2.54. The van der Waals surface area contributed by atoms with E-state index in [4.69, 9.17) is 4.74 Å². The Kier molecular flexibility index (Phi) is 9.83. The van der Waals surface area contributed by atoms with E-state index >= 15 is 0 Å². The highest BCUT2D eigenvalue weighted by molar-refractivity contribution is 8.15. The molecule has 1 aliphatic rings. The number of carbonyl (C=O) groups excluding carboxylic acids is 2. The molecular weight excluding hydrogens is 485 g/mol. The lowest BCUT2D eigenvalue weighted by Crippen LogP contribution is -2.24. The minimum Gasteiger partial charge on any atom is -0.489 e. The molecule has 0 fully saturated rings. The second-order valence-corrected chi connectivity index (χ2v) is 11.0. The smallest absolute Gasteiger partial charge is 0.416 e. The standard InChI is InChI=1S/C29H33F3O3S/c1-3-4-5-6-7-8-17-28(2)26(19-27(34)36-28)35-20-25(33)18-21-9-11-22(12-10-21)23-13-15-24(16-14-23)29(30,31)32/h9-16,19H,3-8,17-18,20H2,1-2H3. The first-order valence-corrected chi connectivity index (χ1v) is 13.3. The number of ether oxygens (including phenoxy) is 1. The number of alkyl halides is 3. The third kappa shape index (κ3) is 7.99. The summed E-state index contributed by atoms with van der Waals surface area (Å²) >= 11 is 1.27. The Bertz CT molecular complexity index is 1060. The average molecular weight is 519 g/mol. The zero-order valence-corrected chi connectivity index (χ0v) is 21.6. The topological polar surface area (TPSA) is 43.4 Å². The number of Topliss-reactive ketones (excluding diaryl/α,β-unsaturated/α-hetero) is 1. The van der Waals surface area contributed by atoms with E-state index in [0.717, 1.165) is 42.5 Å². The largest absolute Gasteiger partial charge is 0.489 e. The van der Waals surface area contributed by atoms with Crippen molar-refractivity contribution in [1.29, 1.82) is 0 Å². The molecule has 0 bridgehead atoms. The van der Waals surface area contributed by atoms with E-state index < -0.39 is 16.5 Å². The Morgan fingerprint density at radius 3 is 2.11 bits per heavy atom. The van der Waals surface area contributed by atoms with Crippen LogP contribution in [-0.4, -0.2) is 22.3 Å². The van der Waals surface area contributed by atoms with Crippen LogP contribution in [0.4, 0.5) is 13.2 Å². The van der Waals surface area contributed by atoms with Crippen LogP contribution in [0.25, 0.3) is 11.1 Å². The second kappa shape index (κ2) is 12.6. The van der Waals surface area contributed by atoms with Crippen LogP contribution in [-0.2, 0) is 26.9 Å². The molecule has 7 heteroatoms. The van der Waals surface area contributed by atoms with Gasteiger partial charge in [-0.3, -0.25) is 9.59 Å². The van der Waals surface area contributed by atoms with Crippen LogP contribution in [0, 0.1) is 0 Å². The predicted octanol–water partition coefficient (Wildman–Crippen LogP) is 8.17. The third-order valence-electron chi connectivity index (χ3n) is 6.39. The first kappa shape index (κ1) is 28.0. The summed E-state index contributed by atoms with van der Waals surface area (Å²) in [7, 11) is 0. The number of hydrogen-bond acceptors (Lipinski definition) is 4. The molecular formula is C29H33F3O3S. The molecule has 3 rings (SSSR count). The molecule has 0 radical (unpaired) electrons. The van der Waals surface area contributed by atoms with Gasteiger partial charge in [0.05, 0.1) is 10.3 Å². The van der Waals surface area contributed by atoms with Crippen molar-refractivity contribution in [1.82, 2.24) is 0 Å². The summed E-state index contributed by atoms with van der Waals surface area (Å²) < 4.78 is 43.7. The fraction of sp³-hybridized carbons (Fsp3) is 0.448. The van der Waals surface area contributed by atoms with Gasteiger partial charge in [-0.05, 0) is 42.2 Å². The van der Waals surface area contributed by atoms with E-state index in [1.54, 1.807) is 24.3 Å². The Balaban J connectivity index is 1.49. The van der Waals surface area contributed by atoms with E-state index in [-0.39, 0.29) is 23.9 Å². The maximum atomic E-state index is 12.8. The summed E-state index contributed by atoms with van der Waals surface area (Å²) in [4.78, 5) is 24.6. The normalized spacial score (nSPS) is 17.8. The zero-order chi connectivity index (χ0) is 26.2. The molecule has 2 aromatic rings. The monoisotopic (exact) mass is 518 g/mol. The number of halogens is 3. The number of unbranched alkanes of at least 4 members (excludes halogenated alkanes) is 5. The number of thioether (sulfide) groups is 1. The molecule has 1 unspecified atom stereocenters. The molecule has 2 aromatic carbocycles. The van der Waals surface area contributed by atoms with Crippen LogP contribution in [0.3, 0.4) is 0 Å². The Labute approximate surface area is 215 Å². The fourth-order valence-electron chi connectivity index (χ4n) is 4.28. The molecule has 3 nitrogen and oxygen atoms in total. The number of rotatable bonds is 13. The van der Waals surface area contributed by atoms with Crippen LogP contribution in [0.1, 0.15) is 69.9 Å². The average Bonchev–Trinajstić information content (AvgIpc) is 3.13. The Morgan fingerprint density at radius 2 is 1.50 bits per heavy atom. The molecule has 194 valence electrons. The van der Waals surface area contributed by atoms with Gasteiger partial charge in [0.2, 0.25) is 5.12 Å². The molecule has 36 heavy (non-hydrogen) atoms. The highest BCUT2D eigenvalue weighted by Gasteiger charge is 2.39. The van der Waals surface area contributed by atoms with Crippen molar-refractivity contribution in [3.8, 4) is 11.1 Å². The van der Waals surface area contributed by atoms with Crippen molar-refractivity contribution in [3.63, 3.8) is 0 Å². The molecule has 0 amide bonds. The van der Waals surface area contributed by atoms with E-state index in [1.165, 1.54) is 55.7 Å². The van der Waals surface area contributed by atoms with Gasteiger partial charge in [0.1, 0.15) is 12.4 Å². The van der Waals surface area contributed by atoms with E-state index in [2.05, 4.69) is 6.92 Å². The molecule has 1 atom stereocenters. The first-order valence-electron chi connectivity index (χ1n) is 12.5. The van der Waals surface area contributed by atoms with Crippen LogP contribution in [0.15, 0.2) is 60.4 Å². The number of carbonyl (C=O) groups is 2. The van der Waals surface area contributed by atoms with E-state index in [1.807, 2.05) is 6.92 Å². The van der Waals surface area contributed by atoms with E-state index in [9.17, 15) is 22.8 Å². The van der Waals surface area contributed by atoms with E-state index in [0.29, 0.717) is 11.3 Å². The summed E-state index contributed by atoms with van der Waals surface area (Å²) in [5.41, 5.74) is 1.55. The lowest BCUT2D eigenvalue weighted by Gasteiger charge is -2.26. The lowest BCUT2D eigenvalue weighted by molar-refractivity contribution is -0.137. The van der Waals surface area contributed by atoms with Gasteiger partial charge in [0, 0.05) is 12.5 Å². The first-order chi connectivity index (χ1) is 17.1. The molecule has 1 aliphatic heterocycles. The summed E-state index contributed by atoms with van der Waals surface area (Å²) in [6.07, 6.45) is 5.18. The number of hydrogen-bond donors (Lipinski definition) is 0.